The number of nitriles is 2. The molecule has 0 amide bonds. The van der Waals surface area contributed by atoms with E-state index >= 15 is 0 Å². The van der Waals surface area contributed by atoms with E-state index in [1.54, 1.807) is 0 Å². The first kappa shape index (κ1) is 12.5. The van der Waals surface area contributed by atoms with Crippen LogP contribution in [0.3, 0.4) is 0 Å². The second kappa shape index (κ2) is 7.70. The van der Waals surface area contributed by atoms with Crippen molar-refractivity contribution >= 4 is 5.84 Å². The van der Waals surface area contributed by atoms with Gasteiger partial charge >= 0.3 is 0 Å². The standard InChI is InChI=1S/C12H18N4/c13-9-8-12(15-10-14)16-11-6-4-2-1-3-5-7-11/h11H,1-8H2,(H,15,16). The molecule has 1 rings (SSSR count). The third-order valence-electron chi connectivity index (χ3n) is 2.86. The van der Waals surface area contributed by atoms with Gasteiger partial charge in [0.1, 0.15) is 5.84 Å². The molecule has 1 aliphatic carbocycles. The molecule has 0 radical (unpaired) electrons. The Morgan fingerprint density at radius 2 is 1.75 bits per heavy atom. The average Bonchev–Trinajstić information content (AvgIpc) is 2.22. The lowest BCUT2D eigenvalue weighted by molar-refractivity contribution is 0.454. The van der Waals surface area contributed by atoms with Gasteiger partial charge in [0.25, 0.3) is 0 Å². The van der Waals surface area contributed by atoms with E-state index in [1.165, 1.54) is 32.1 Å². The summed E-state index contributed by atoms with van der Waals surface area (Å²) in [5.41, 5.74) is 0. The Morgan fingerprint density at radius 3 is 2.31 bits per heavy atom. The van der Waals surface area contributed by atoms with Crippen LogP contribution in [0.1, 0.15) is 51.4 Å². The number of nitrogens with zero attached hydrogens (tertiary/aromatic N) is 3. The summed E-state index contributed by atoms with van der Waals surface area (Å²) in [4.78, 5) is 4.48. The van der Waals surface area contributed by atoms with Gasteiger partial charge in [-0.3, -0.25) is 10.3 Å². The first-order valence-corrected chi connectivity index (χ1v) is 5.95. The fraction of sp³-hybridized carbons (Fsp3) is 0.750. The summed E-state index contributed by atoms with van der Waals surface area (Å²) in [5.74, 6) is 0.524. The molecule has 1 fully saturated rings. The Morgan fingerprint density at radius 1 is 1.12 bits per heavy atom. The monoisotopic (exact) mass is 218 g/mol. The quantitative estimate of drug-likeness (QED) is 0.335. The molecule has 0 aromatic heterocycles. The summed E-state index contributed by atoms with van der Waals surface area (Å²) < 4.78 is 0. The Hall–Kier alpha value is -1.55. The van der Waals surface area contributed by atoms with Gasteiger partial charge in [-0.15, -0.1) is 0 Å². The van der Waals surface area contributed by atoms with Crippen LogP contribution in [0.2, 0.25) is 0 Å². The second-order valence-electron chi connectivity index (χ2n) is 4.15. The van der Waals surface area contributed by atoms with Crippen molar-refractivity contribution in [3.8, 4) is 12.3 Å². The Labute approximate surface area is 97.0 Å². The molecule has 0 heterocycles. The number of amidine groups is 1. The fourth-order valence-electron chi connectivity index (χ4n) is 2.05. The minimum atomic E-state index is 0.198. The van der Waals surface area contributed by atoms with E-state index in [4.69, 9.17) is 10.5 Å². The maximum atomic E-state index is 8.61. The van der Waals surface area contributed by atoms with E-state index in [0.717, 1.165) is 12.8 Å². The highest BCUT2D eigenvalue weighted by molar-refractivity contribution is 5.85. The van der Waals surface area contributed by atoms with Gasteiger partial charge in [-0.25, -0.2) is 0 Å². The predicted octanol–water partition coefficient (Wildman–Crippen LogP) is 2.48. The van der Waals surface area contributed by atoms with Gasteiger partial charge in [0.05, 0.1) is 18.5 Å². The van der Waals surface area contributed by atoms with E-state index < -0.39 is 0 Å². The fourth-order valence-corrected chi connectivity index (χ4v) is 2.05. The molecule has 0 saturated heterocycles. The van der Waals surface area contributed by atoms with Crippen LogP contribution in [0.15, 0.2) is 4.99 Å². The smallest absolute Gasteiger partial charge is 0.182 e. The van der Waals surface area contributed by atoms with Crippen LogP contribution >= 0.6 is 0 Å². The molecular formula is C12H18N4. The summed E-state index contributed by atoms with van der Waals surface area (Å²) in [6.45, 7) is 0. The highest BCUT2D eigenvalue weighted by Crippen LogP contribution is 2.19. The molecule has 0 aromatic carbocycles. The molecule has 4 heteroatoms. The Balaban J connectivity index is 2.54. The van der Waals surface area contributed by atoms with E-state index in [-0.39, 0.29) is 6.42 Å². The van der Waals surface area contributed by atoms with Crippen LogP contribution in [-0.4, -0.2) is 11.9 Å². The van der Waals surface area contributed by atoms with Crippen molar-refractivity contribution < 1.29 is 0 Å². The van der Waals surface area contributed by atoms with E-state index in [9.17, 15) is 0 Å². The zero-order chi connectivity index (χ0) is 11.6. The van der Waals surface area contributed by atoms with Gasteiger partial charge in [-0.05, 0) is 12.8 Å². The first-order valence-electron chi connectivity index (χ1n) is 5.95. The Kier molecular flexibility index (Phi) is 6.03. The van der Waals surface area contributed by atoms with Gasteiger partial charge in [0, 0.05) is 0 Å². The molecule has 1 aliphatic rings. The highest BCUT2D eigenvalue weighted by Gasteiger charge is 2.11. The third kappa shape index (κ3) is 4.79. The largest absolute Gasteiger partial charge is 0.280 e. The number of nitrogens with one attached hydrogen (secondary N) is 1. The summed E-state index contributed by atoms with van der Waals surface area (Å²) in [5, 5.41) is 19.7. The lowest BCUT2D eigenvalue weighted by Gasteiger charge is -2.16. The molecule has 0 atom stereocenters. The number of rotatable bonds is 2. The third-order valence-corrected chi connectivity index (χ3v) is 2.86. The Bertz CT molecular complexity index is 282. The van der Waals surface area contributed by atoms with Crippen molar-refractivity contribution in [1.29, 1.82) is 10.5 Å². The normalized spacial score (nSPS) is 19.0. The molecule has 4 nitrogen and oxygen atoms in total. The minimum absolute atomic E-state index is 0.198. The minimum Gasteiger partial charge on any atom is -0.280 e. The van der Waals surface area contributed by atoms with E-state index in [2.05, 4.69) is 10.3 Å². The van der Waals surface area contributed by atoms with Gasteiger partial charge in [0.15, 0.2) is 6.19 Å². The number of aliphatic imine (C=N–C) groups is 1. The van der Waals surface area contributed by atoms with Crippen LogP contribution < -0.4 is 5.32 Å². The van der Waals surface area contributed by atoms with Crippen molar-refractivity contribution in [2.45, 2.75) is 57.4 Å². The SMILES string of the molecule is N#CCC(=NC1CCCCCCC1)NC#N. The van der Waals surface area contributed by atoms with Crippen molar-refractivity contribution in [2.75, 3.05) is 0 Å². The summed E-state index contributed by atoms with van der Waals surface area (Å²) in [6, 6.07) is 2.32. The topological polar surface area (TPSA) is 72.0 Å². The molecule has 86 valence electrons. The van der Waals surface area contributed by atoms with Crippen molar-refractivity contribution in [1.82, 2.24) is 5.32 Å². The van der Waals surface area contributed by atoms with Crippen LogP contribution in [0.25, 0.3) is 0 Å². The lowest BCUT2D eigenvalue weighted by Crippen LogP contribution is -2.21. The number of hydrogen-bond acceptors (Lipinski definition) is 3. The predicted molar refractivity (Wildman–Crippen MR) is 62.5 cm³/mol. The maximum Gasteiger partial charge on any atom is 0.182 e. The van der Waals surface area contributed by atoms with Gasteiger partial charge in [-0.1, -0.05) is 32.1 Å². The van der Waals surface area contributed by atoms with Crippen molar-refractivity contribution in [3.05, 3.63) is 0 Å². The lowest BCUT2D eigenvalue weighted by atomic mass is 9.97. The maximum absolute atomic E-state index is 8.61. The zero-order valence-corrected chi connectivity index (χ0v) is 9.58. The first-order chi connectivity index (χ1) is 7.86. The van der Waals surface area contributed by atoms with E-state index in [0.29, 0.717) is 11.9 Å². The zero-order valence-electron chi connectivity index (χ0n) is 9.58. The molecular weight excluding hydrogens is 200 g/mol. The van der Waals surface area contributed by atoms with E-state index in [1.807, 2.05) is 12.3 Å². The van der Waals surface area contributed by atoms with Crippen LogP contribution in [-0.2, 0) is 0 Å². The van der Waals surface area contributed by atoms with Crippen LogP contribution in [0.4, 0.5) is 0 Å². The van der Waals surface area contributed by atoms with Crippen LogP contribution in [0, 0.1) is 22.8 Å². The van der Waals surface area contributed by atoms with Crippen molar-refractivity contribution in [2.24, 2.45) is 4.99 Å². The molecule has 1 saturated carbocycles. The molecule has 0 aliphatic heterocycles. The molecule has 0 aromatic rings. The molecule has 16 heavy (non-hydrogen) atoms. The molecule has 0 unspecified atom stereocenters. The van der Waals surface area contributed by atoms with Gasteiger partial charge < -0.3 is 0 Å². The summed E-state index contributed by atoms with van der Waals surface area (Å²) in [7, 11) is 0. The summed E-state index contributed by atoms with van der Waals surface area (Å²) >= 11 is 0. The summed E-state index contributed by atoms with van der Waals surface area (Å²) in [6.07, 6.45) is 10.5. The molecule has 0 bridgehead atoms. The molecule has 1 N–H and O–H groups in total. The average molecular weight is 218 g/mol. The van der Waals surface area contributed by atoms with Gasteiger partial charge in [0.2, 0.25) is 0 Å². The van der Waals surface area contributed by atoms with Crippen LogP contribution in [0.5, 0.6) is 0 Å². The molecule has 0 spiro atoms. The second-order valence-corrected chi connectivity index (χ2v) is 4.15. The van der Waals surface area contributed by atoms with Gasteiger partial charge in [-0.2, -0.15) is 10.5 Å². The number of hydrogen-bond donors (Lipinski definition) is 1. The van der Waals surface area contributed by atoms with Crippen molar-refractivity contribution in [3.63, 3.8) is 0 Å². The highest BCUT2D eigenvalue weighted by atomic mass is 15.0.